The van der Waals surface area contributed by atoms with E-state index in [0.717, 1.165) is 6.07 Å². The van der Waals surface area contributed by atoms with E-state index in [1.54, 1.807) is 0 Å². The van der Waals surface area contributed by atoms with Gasteiger partial charge in [0.15, 0.2) is 0 Å². The number of phenols is 1. The topological polar surface area (TPSA) is 163 Å². The zero-order valence-electron chi connectivity index (χ0n) is 11.8. The number of carboxylic acid groups (broad SMARTS) is 2. The number of nitrogen functional groups attached to an aromatic ring is 1. The summed E-state index contributed by atoms with van der Waals surface area (Å²) in [6.45, 7) is 0. The van der Waals surface area contributed by atoms with Crippen LogP contribution in [0.2, 0.25) is 0 Å². The van der Waals surface area contributed by atoms with Gasteiger partial charge in [0.05, 0.1) is 7.11 Å². The van der Waals surface area contributed by atoms with E-state index in [9.17, 15) is 29.7 Å². The molecule has 0 unspecified atom stereocenters. The Hall–Kier alpha value is -3.49. The predicted molar refractivity (Wildman–Crippen MR) is 79.0 cm³/mol. The lowest BCUT2D eigenvalue weighted by molar-refractivity contribution is 0.0695. The highest BCUT2D eigenvalue weighted by molar-refractivity contribution is 6.08. The second-order valence-electron chi connectivity index (χ2n) is 4.49. The summed E-state index contributed by atoms with van der Waals surface area (Å²) in [6.07, 6.45) is 0. The number of pyridine rings is 1. The molecule has 120 valence electrons. The van der Waals surface area contributed by atoms with Crippen molar-refractivity contribution in [2.45, 2.75) is 0 Å². The first-order valence-corrected chi connectivity index (χ1v) is 6.17. The van der Waals surface area contributed by atoms with Crippen LogP contribution in [0, 0.1) is 0 Å². The second-order valence-corrected chi connectivity index (χ2v) is 4.49. The van der Waals surface area contributed by atoms with E-state index >= 15 is 0 Å². The number of methoxy groups -OCH3 is 1. The number of phenolic OH excluding ortho intramolecular Hbond substituents is 1. The van der Waals surface area contributed by atoms with Crippen LogP contribution in [0.1, 0.15) is 20.7 Å². The van der Waals surface area contributed by atoms with Crippen molar-refractivity contribution >= 4 is 17.8 Å². The van der Waals surface area contributed by atoms with Gasteiger partial charge >= 0.3 is 11.9 Å². The van der Waals surface area contributed by atoms with Crippen LogP contribution in [-0.2, 0) is 0 Å². The molecule has 23 heavy (non-hydrogen) atoms. The van der Waals surface area contributed by atoms with Crippen LogP contribution in [0.15, 0.2) is 23.0 Å². The highest BCUT2D eigenvalue weighted by Gasteiger charge is 2.28. The Morgan fingerprint density at radius 2 is 1.78 bits per heavy atom. The number of ether oxygens (including phenoxy) is 1. The van der Waals surface area contributed by atoms with Gasteiger partial charge in [0.2, 0.25) is 0 Å². The molecule has 1 aromatic heterocycles. The fourth-order valence-electron chi connectivity index (χ4n) is 2.17. The van der Waals surface area contributed by atoms with Gasteiger partial charge in [0, 0.05) is 17.2 Å². The van der Waals surface area contributed by atoms with Gasteiger partial charge in [-0.1, -0.05) is 0 Å². The average Bonchev–Trinajstić information content (AvgIpc) is 2.45. The molecule has 0 aliphatic heterocycles. The number of anilines is 1. The lowest BCUT2D eigenvalue weighted by Gasteiger charge is -2.13. The molecule has 0 aliphatic rings. The maximum atomic E-state index is 11.9. The van der Waals surface area contributed by atoms with Crippen LogP contribution >= 0.6 is 0 Å². The third-order valence-electron chi connectivity index (χ3n) is 3.15. The number of nitrogens with two attached hydrogens (primary N) is 1. The monoisotopic (exact) mass is 320 g/mol. The van der Waals surface area contributed by atoms with Crippen LogP contribution in [0.25, 0.3) is 11.1 Å². The fourth-order valence-corrected chi connectivity index (χ4v) is 2.17. The van der Waals surface area contributed by atoms with E-state index < -0.39 is 45.8 Å². The highest BCUT2D eigenvalue weighted by Crippen LogP contribution is 2.37. The van der Waals surface area contributed by atoms with Crippen LogP contribution in [0.5, 0.6) is 11.5 Å². The lowest BCUT2D eigenvalue weighted by Crippen LogP contribution is -2.24. The van der Waals surface area contributed by atoms with Crippen molar-refractivity contribution in [3.63, 3.8) is 0 Å². The summed E-state index contributed by atoms with van der Waals surface area (Å²) >= 11 is 0. The van der Waals surface area contributed by atoms with E-state index in [2.05, 4.69) is 0 Å². The molecular weight excluding hydrogens is 308 g/mol. The number of carboxylic acids is 2. The Labute approximate surface area is 128 Å². The number of aromatic nitrogens is 1. The van der Waals surface area contributed by atoms with Crippen molar-refractivity contribution in [3.8, 4) is 22.6 Å². The lowest BCUT2D eigenvalue weighted by atomic mass is 9.94. The number of H-pyrrole nitrogens is 1. The van der Waals surface area contributed by atoms with Gasteiger partial charge in [-0.05, 0) is 12.1 Å². The van der Waals surface area contributed by atoms with Gasteiger partial charge in [-0.15, -0.1) is 0 Å². The van der Waals surface area contributed by atoms with Gasteiger partial charge in [-0.3, -0.25) is 4.79 Å². The van der Waals surface area contributed by atoms with Crippen LogP contribution < -0.4 is 16.0 Å². The molecule has 0 spiro atoms. The first kappa shape index (κ1) is 15.9. The summed E-state index contributed by atoms with van der Waals surface area (Å²) < 4.78 is 4.90. The number of rotatable bonds is 4. The van der Waals surface area contributed by atoms with Crippen molar-refractivity contribution in [3.05, 3.63) is 39.7 Å². The summed E-state index contributed by atoms with van der Waals surface area (Å²) in [5, 5.41) is 28.6. The minimum atomic E-state index is -1.65. The van der Waals surface area contributed by atoms with Crippen molar-refractivity contribution in [2.75, 3.05) is 12.8 Å². The van der Waals surface area contributed by atoms with Gasteiger partial charge in [0.1, 0.15) is 28.4 Å². The second kappa shape index (κ2) is 5.72. The highest BCUT2D eigenvalue weighted by atomic mass is 16.5. The quantitative estimate of drug-likeness (QED) is 0.550. The molecule has 0 radical (unpaired) electrons. The van der Waals surface area contributed by atoms with Crippen LogP contribution in [-0.4, -0.2) is 39.4 Å². The predicted octanol–water partition coefficient (Wildman–Crippen LogP) is 0.735. The molecule has 0 fully saturated rings. The number of benzene rings is 1. The molecule has 0 bridgehead atoms. The van der Waals surface area contributed by atoms with Gasteiger partial charge in [-0.25, -0.2) is 9.59 Å². The Morgan fingerprint density at radius 1 is 1.17 bits per heavy atom. The molecule has 6 N–H and O–H groups in total. The van der Waals surface area contributed by atoms with Crippen LogP contribution in [0.4, 0.5) is 5.82 Å². The average molecular weight is 320 g/mol. The fraction of sp³-hybridized carbons (Fsp3) is 0.0714. The number of carbonyl (C=O) groups is 2. The zero-order chi connectivity index (χ0) is 17.3. The molecule has 2 rings (SSSR count). The summed E-state index contributed by atoms with van der Waals surface area (Å²) in [7, 11) is 1.35. The third-order valence-corrected chi connectivity index (χ3v) is 3.15. The summed E-state index contributed by atoms with van der Waals surface area (Å²) in [5.41, 5.74) is 2.31. The molecule has 1 heterocycles. The largest absolute Gasteiger partial charge is 0.507 e. The molecule has 9 nitrogen and oxygen atoms in total. The Balaban J connectivity index is 2.97. The molecule has 9 heteroatoms. The Kier molecular flexibility index (Phi) is 3.95. The van der Waals surface area contributed by atoms with E-state index in [1.165, 1.54) is 19.2 Å². The third kappa shape index (κ3) is 2.67. The number of aromatic carboxylic acids is 2. The Morgan fingerprint density at radius 3 is 2.26 bits per heavy atom. The van der Waals surface area contributed by atoms with Crippen LogP contribution in [0.3, 0.4) is 0 Å². The molecule has 1 aromatic carbocycles. The van der Waals surface area contributed by atoms with Gasteiger partial charge < -0.3 is 30.8 Å². The summed E-state index contributed by atoms with van der Waals surface area (Å²) in [4.78, 5) is 36.7. The van der Waals surface area contributed by atoms with Gasteiger partial charge in [-0.2, -0.15) is 0 Å². The summed E-state index contributed by atoms with van der Waals surface area (Å²) in [6, 6.07) is 3.77. The SMILES string of the molecule is COc1ccc(-c2c(C(=O)O)c(N)[nH]c(=O)c2C(=O)O)c(O)c1. The molecular formula is C14H12N2O7. The molecule has 0 aliphatic carbocycles. The molecule has 2 aromatic rings. The zero-order valence-corrected chi connectivity index (χ0v) is 11.8. The minimum absolute atomic E-state index is 0.168. The van der Waals surface area contributed by atoms with E-state index in [1.807, 2.05) is 4.98 Å². The number of hydrogen-bond donors (Lipinski definition) is 5. The van der Waals surface area contributed by atoms with Crippen molar-refractivity contribution in [1.82, 2.24) is 4.98 Å². The standard InChI is InChI=1S/C14H12N2O7/c1-23-5-2-3-6(7(17)4-5)8-9(13(19)20)11(15)16-12(18)10(8)14(21)22/h2-4,17H,1H3,(H,19,20)(H,21,22)(H3,15,16,18). The number of hydrogen-bond acceptors (Lipinski definition) is 6. The number of aromatic hydroxyl groups is 1. The van der Waals surface area contributed by atoms with Gasteiger partial charge in [0.25, 0.3) is 5.56 Å². The molecule has 0 amide bonds. The first-order chi connectivity index (χ1) is 10.8. The maximum absolute atomic E-state index is 11.9. The first-order valence-electron chi connectivity index (χ1n) is 6.17. The van der Waals surface area contributed by atoms with E-state index in [4.69, 9.17) is 10.5 Å². The molecule has 0 saturated heterocycles. The number of nitrogens with one attached hydrogen (secondary N) is 1. The van der Waals surface area contributed by atoms with E-state index in [-0.39, 0.29) is 11.3 Å². The molecule has 0 saturated carbocycles. The Bertz CT molecular complexity index is 870. The normalized spacial score (nSPS) is 10.3. The minimum Gasteiger partial charge on any atom is -0.507 e. The molecule has 0 atom stereocenters. The van der Waals surface area contributed by atoms with E-state index in [0.29, 0.717) is 0 Å². The van der Waals surface area contributed by atoms with Crippen molar-refractivity contribution in [1.29, 1.82) is 0 Å². The smallest absolute Gasteiger partial charge is 0.342 e. The summed E-state index contributed by atoms with van der Waals surface area (Å²) in [5.74, 6) is -3.92. The number of aromatic amines is 1. The maximum Gasteiger partial charge on any atom is 0.342 e. The van der Waals surface area contributed by atoms with Crippen molar-refractivity contribution < 1.29 is 29.6 Å². The van der Waals surface area contributed by atoms with Crippen molar-refractivity contribution in [2.24, 2.45) is 0 Å².